The highest BCUT2D eigenvalue weighted by Crippen LogP contribution is 2.34. The average Bonchev–Trinajstić information content (AvgIpc) is 2.46. The van der Waals surface area contributed by atoms with Gasteiger partial charge in [0.15, 0.2) is 17.5 Å². The summed E-state index contributed by atoms with van der Waals surface area (Å²) in [6, 6.07) is -0.00136. The smallest absolute Gasteiger partial charge is 0.359 e. The van der Waals surface area contributed by atoms with Gasteiger partial charge in [-0.3, -0.25) is 4.79 Å². The van der Waals surface area contributed by atoms with Crippen LogP contribution in [0.15, 0.2) is 0 Å². The molecular formula is C13H16Cl3N3O3. The lowest BCUT2D eigenvalue weighted by Crippen LogP contribution is -2.35. The number of carbonyl (C=O) groups excluding carboxylic acids is 2. The van der Waals surface area contributed by atoms with Crippen molar-refractivity contribution in [2.24, 2.45) is 0 Å². The van der Waals surface area contributed by atoms with Crippen molar-refractivity contribution < 1.29 is 14.3 Å². The Morgan fingerprint density at radius 3 is 2.55 bits per heavy atom. The van der Waals surface area contributed by atoms with E-state index in [0.717, 1.165) is 12.8 Å². The Balaban J connectivity index is 2.69. The van der Waals surface area contributed by atoms with E-state index in [9.17, 15) is 9.59 Å². The summed E-state index contributed by atoms with van der Waals surface area (Å²) >= 11 is 17.4. The van der Waals surface area contributed by atoms with Crippen LogP contribution in [0, 0.1) is 0 Å². The Hall–Kier alpha value is -1.24. The summed E-state index contributed by atoms with van der Waals surface area (Å²) in [5, 5.41) is 2.31. The maximum atomic E-state index is 11.9. The number of carbonyl (C=O) groups is 2. The SMILES string of the molecule is CCC[C@@H](C)NC(=O)COC(=O)c1nc(Cl)c(Cl)c(N)c1Cl. The zero-order valence-electron chi connectivity index (χ0n) is 12.1. The van der Waals surface area contributed by atoms with Crippen molar-refractivity contribution in [3.8, 4) is 0 Å². The summed E-state index contributed by atoms with van der Waals surface area (Å²) in [5.41, 5.74) is 5.24. The molecule has 22 heavy (non-hydrogen) atoms. The predicted octanol–water partition coefficient (Wildman–Crippen LogP) is 3.09. The molecule has 0 aromatic carbocycles. The standard InChI is InChI=1S/C13H16Cl3N3O3/c1-3-4-6(2)18-7(20)5-22-13(21)11-8(14)10(17)9(15)12(16)19-11/h6H,3-5H2,1-2H3,(H2,17,19)(H,18,20)/t6-/m1/s1. The Morgan fingerprint density at radius 2 is 1.95 bits per heavy atom. The van der Waals surface area contributed by atoms with E-state index in [4.69, 9.17) is 45.3 Å². The molecule has 1 heterocycles. The number of amides is 1. The first-order valence-corrected chi connectivity index (χ1v) is 7.67. The monoisotopic (exact) mass is 367 g/mol. The van der Waals surface area contributed by atoms with Crippen LogP contribution in [0.5, 0.6) is 0 Å². The molecular weight excluding hydrogens is 353 g/mol. The minimum absolute atomic E-state index is 0.00136. The van der Waals surface area contributed by atoms with Gasteiger partial charge in [-0.15, -0.1) is 0 Å². The van der Waals surface area contributed by atoms with E-state index in [0.29, 0.717) is 0 Å². The number of nitrogens with two attached hydrogens (primary N) is 1. The molecule has 1 rings (SSSR count). The zero-order valence-corrected chi connectivity index (χ0v) is 14.3. The minimum Gasteiger partial charge on any atom is -0.451 e. The lowest BCUT2D eigenvalue weighted by atomic mass is 10.2. The van der Waals surface area contributed by atoms with E-state index in [2.05, 4.69) is 10.3 Å². The maximum absolute atomic E-state index is 11.9. The largest absolute Gasteiger partial charge is 0.451 e. The highest BCUT2D eigenvalue weighted by molar-refractivity contribution is 6.46. The molecule has 9 heteroatoms. The van der Waals surface area contributed by atoms with Crippen LogP contribution >= 0.6 is 34.8 Å². The summed E-state index contributed by atoms with van der Waals surface area (Å²) in [5.74, 6) is -1.33. The van der Waals surface area contributed by atoms with Gasteiger partial charge >= 0.3 is 5.97 Å². The molecule has 0 saturated heterocycles. The summed E-state index contributed by atoms with van der Waals surface area (Å²) in [7, 11) is 0. The first kappa shape index (κ1) is 18.8. The first-order valence-electron chi connectivity index (χ1n) is 6.54. The van der Waals surface area contributed by atoms with E-state index in [1.165, 1.54) is 0 Å². The summed E-state index contributed by atoms with van der Waals surface area (Å²) < 4.78 is 4.84. The molecule has 0 unspecified atom stereocenters. The average molecular weight is 369 g/mol. The number of nitrogens with zero attached hydrogens (tertiary/aromatic N) is 1. The Labute approximate surface area is 143 Å². The van der Waals surface area contributed by atoms with Crippen molar-refractivity contribution in [1.29, 1.82) is 0 Å². The van der Waals surface area contributed by atoms with Crippen LogP contribution in [0.3, 0.4) is 0 Å². The van der Waals surface area contributed by atoms with Crippen LogP contribution in [0.1, 0.15) is 37.2 Å². The van der Waals surface area contributed by atoms with Crippen LogP contribution < -0.4 is 11.1 Å². The quantitative estimate of drug-likeness (QED) is 0.594. The number of hydrogen-bond acceptors (Lipinski definition) is 5. The van der Waals surface area contributed by atoms with Crippen LogP contribution in [-0.4, -0.2) is 29.5 Å². The number of halogens is 3. The second kappa shape index (κ2) is 8.41. The van der Waals surface area contributed by atoms with Crippen molar-refractivity contribution in [3.05, 3.63) is 20.9 Å². The van der Waals surface area contributed by atoms with Gasteiger partial charge in [0.2, 0.25) is 0 Å². The van der Waals surface area contributed by atoms with Gasteiger partial charge in [-0.2, -0.15) is 0 Å². The molecule has 3 N–H and O–H groups in total. The topological polar surface area (TPSA) is 94.3 Å². The van der Waals surface area contributed by atoms with Crippen LogP contribution in [0.4, 0.5) is 5.69 Å². The number of esters is 1. The van der Waals surface area contributed by atoms with Crippen LogP contribution in [0.2, 0.25) is 15.2 Å². The predicted molar refractivity (Wildman–Crippen MR) is 86.5 cm³/mol. The molecule has 0 bridgehead atoms. The number of nitrogens with one attached hydrogen (secondary N) is 1. The fraction of sp³-hybridized carbons (Fsp3) is 0.462. The third-order valence-electron chi connectivity index (χ3n) is 2.73. The van der Waals surface area contributed by atoms with Crippen LogP contribution in [0.25, 0.3) is 0 Å². The van der Waals surface area contributed by atoms with Crippen LogP contribution in [-0.2, 0) is 9.53 Å². The molecule has 1 aromatic heterocycles. The molecule has 0 aliphatic heterocycles. The normalized spacial score (nSPS) is 11.9. The number of pyridine rings is 1. The van der Waals surface area contributed by atoms with Crippen molar-refractivity contribution in [2.75, 3.05) is 12.3 Å². The number of ether oxygens (including phenoxy) is 1. The second-order valence-corrected chi connectivity index (χ2v) is 5.74. The van der Waals surface area contributed by atoms with Gasteiger partial charge in [-0.1, -0.05) is 48.1 Å². The molecule has 1 atom stereocenters. The number of rotatable bonds is 6. The first-order chi connectivity index (χ1) is 10.3. The summed E-state index contributed by atoms with van der Waals surface area (Å²) in [6.45, 7) is 3.41. The number of nitrogen functional groups attached to an aromatic ring is 1. The lowest BCUT2D eigenvalue weighted by molar-refractivity contribution is -0.124. The van der Waals surface area contributed by atoms with Gasteiger partial charge < -0.3 is 15.8 Å². The molecule has 122 valence electrons. The lowest BCUT2D eigenvalue weighted by Gasteiger charge is -2.13. The zero-order chi connectivity index (χ0) is 16.9. The van der Waals surface area contributed by atoms with Crippen molar-refractivity contribution >= 4 is 52.4 Å². The van der Waals surface area contributed by atoms with Gasteiger partial charge in [0.25, 0.3) is 5.91 Å². The van der Waals surface area contributed by atoms with Gasteiger partial charge in [-0.25, -0.2) is 9.78 Å². The number of anilines is 1. The number of hydrogen-bond donors (Lipinski definition) is 2. The molecule has 1 aromatic rings. The molecule has 0 fully saturated rings. The van der Waals surface area contributed by atoms with Crippen molar-refractivity contribution in [1.82, 2.24) is 10.3 Å². The fourth-order valence-electron chi connectivity index (χ4n) is 1.69. The van der Waals surface area contributed by atoms with Gasteiger partial charge in [0.1, 0.15) is 5.02 Å². The third kappa shape index (κ3) is 4.90. The Bertz CT molecular complexity index is 581. The Morgan fingerprint density at radius 1 is 1.32 bits per heavy atom. The highest BCUT2D eigenvalue weighted by Gasteiger charge is 2.21. The molecule has 6 nitrogen and oxygen atoms in total. The van der Waals surface area contributed by atoms with E-state index in [-0.39, 0.29) is 32.6 Å². The molecule has 0 aliphatic rings. The Kier molecular flexibility index (Phi) is 7.19. The maximum Gasteiger partial charge on any atom is 0.359 e. The van der Waals surface area contributed by atoms with Crippen molar-refractivity contribution in [3.63, 3.8) is 0 Å². The summed E-state index contributed by atoms with van der Waals surface area (Å²) in [6.07, 6.45) is 1.76. The third-order valence-corrected chi connectivity index (χ3v) is 3.86. The van der Waals surface area contributed by atoms with E-state index in [1.54, 1.807) is 0 Å². The highest BCUT2D eigenvalue weighted by atomic mass is 35.5. The summed E-state index contributed by atoms with van der Waals surface area (Å²) in [4.78, 5) is 27.2. The molecule has 0 spiro atoms. The molecule has 1 amide bonds. The van der Waals surface area contributed by atoms with E-state index in [1.807, 2.05) is 13.8 Å². The number of aromatic nitrogens is 1. The van der Waals surface area contributed by atoms with Crippen molar-refractivity contribution in [2.45, 2.75) is 32.7 Å². The van der Waals surface area contributed by atoms with Gasteiger partial charge in [-0.05, 0) is 13.3 Å². The molecule has 0 radical (unpaired) electrons. The van der Waals surface area contributed by atoms with E-state index < -0.39 is 18.5 Å². The van der Waals surface area contributed by atoms with Gasteiger partial charge in [0.05, 0.1) is 10.7 Å². The molecule has 0 saturated carbocycles. The second-order valence-electron chi connectivity index (χ2n) is 4.63. The fourth-order valence-corrected chi connectivity index (χ4v) is 2.27. The molecule has 0 aliphatic carbocycles. The van der Waals surface area contributed by atoms with Gasteiger partial charge in [0, 0.05) is 6.04 Å². The minimum atomic E-state index is -0.909. The van der Waals surface area contributed by atoms with E-state index >= 15 is 0 Å².